The van der Waals surface area contributed by atoms with Gasteiger partial charge in [-0.05, 0) is 43.2 Å². The SMILES string of the molecule is O=C(CNC(=O)c1cccc(S(=O)(=O)Nc2ccccc2F)c1)NC1CC1. The normalized spacial score (nSPS) is 13.7. The average molecular weight is 391 g/mol. The lowest BCUT2D eigenvalue weighted by Gasteiger charge is -2.10. The van der Waals surface area contributed by atoms with Gasteiger partial charge in [0.05, 0.1) is 17.1 Å². The van der Waals surface area contributed by atoms with Crippen molar-refractivity contribution in [2.24, 2.45) is 0 Å². The molecule has 2 aromatic carbocycles. The molecule has 142 valence electrons. The molecule has 0 atom stereocenters. The number of para-hydroxylation sites is 1. The molecule has 1 aliphatic carbocycles. The number of carbonyl (C=O) groups is 2. The van der Waals surface area contributed by atoms with Gasteiger partial charge in [-0.2, -0.15) is 0 Å². The van der Waals surface area contributed by atoms with Gasteiger partial charge in [0.15, 0.2) is 0 Å². The van der Waals surface area contributed by atoms with Gasteiger partial charge in [-0.3, -0.25) is 14.3 Å². The van der Waals surface area contributed by atoms with E-state index in [1.54, 1.807) is 0 Å². The van der Waals surface area contributed by atoms with Crippen LogP contribution >= 0.6 is 0 Å². The summed E-state index contributed by atoms with van der Waals surface area (Å²) in [6.45, 7) is -0.195. The van der Waals surface area contributed by atoms with Gasteiger partial charge in [-0.25, -0.2) is 12.8 Å². The number of rotatable bonds is 7. The summed E-state index contributed by atoms with van der Waals surface area (Å²) in [6.07, 6.45) is 1.88. The van der Waals surface area contributed by atoms with Crippen molar-refractivity contribution >= 4 is 27.5 Å². The molecule has 2 amide bonds. The highest BCUT2D eigenvalue weighted by Gasteiger charge is 2.23. The van der Waals surface area contributed by atoms with Crippen molar-refractivity contribution in [1.29, 1.82) is 0 Å². The van der Waals surface area contributed by atoms with Crippen LogP contribution in [0.15, 0.2) is 53.4 Å². The zero-order chi connectivity index (χ0) is 19.4. The molecule has 0 aliphatic heterocycles. The molecule has 27 heavy (non-hydrogen) atoms. The number of benzene rings is 2. The monoisotopic (exact) mass is 391 g/mol. The summed E-state index contributed by atoms with van der Waals surface area (Å²) in [7, 11) is -4.08. The summed E-state index contributed by atoms with van der Waals surface area (Å²) in [5.41, 5.74) is -0.116. The van der Waals surface area contributed by atoms with Crippen molar-refractivity contribution in [1.82, 2.24) is 10.6 Å². The smallest absolute Gasteiger partial charge is 0.262 e. The standard InChI is InChI=1S/C18H18FN3O4S/c19-15-6-1-2-7-16(15)22-27(25,26)14-5-3-4-12(10-14)18(24)20-11-17(23)21-13-8-9-13/h1-7,10,13,22H,8-9,11H2,(H,20,24)(H,21,23). The van der Waals surface area contributed by atoms with E-state index in [9.17, 15) is 22.4 Å². The Kier molecular flexibility index (Phi) is 5.41. The fourth-order valence-corrected chi connectivity index (χ4v) is 3.43. The van der Waals surface area contributed by atoms with Gasteiger partial charge >= 0.3 is 0 Å². The summed E-state index contributed by atoms with van der Waals surface area (Å²) < 4.78 is 40.7. The third-order valence-corrected chi connectivity index (χ3v) is 5.24. The van der Waals surface area contributed by atoms with Crippen LogP contribution in [0, 0.1) is 5.82 Å². The Labute approximate surface area is 156 Å². The molecule has 2 aromatic rings. The lowest BCUT2D eigenvalue weighted by atomic mass is 10.2. The van der Waals surface area contributed by atoms with Gasteiger partial charge in [-0.15, -0.1) is 0 Å². The molecule has 1 fully saturated rings. The van der Waals surface area contributed by atoms with Crippen molar-refractivity contribution in [2.45, 2.75) is 23.8 Å². The Morgan fingerprint density at radius 2 is 1.81 bits per heavy atom. The maximum atomic E-state index is 13.7. The molecule has 3 rings (SSSR count). The number of halogens is 1. The number of amides is 2. The van der Waals surface area contributed by atoms with E-state index in [2.05, 4.69) is 15.4 Å². The minimum Gasteiger partial charge on any atom is -0.352 e. The molecule has 0 heterocycles. The maximum Gasteiger partial charge on any atom is 0.262 e. The molecule has 1 aliphatic rings. The van der Waals surface area contributed by atoms with E-state index in [1.807, 2.05) is 0 Å². The van der Waals surface area contributed by atoms with Gasteiger partial charge in [0.1, 0.15) is 5.82 Å². The summed E-state index contributed by atoms with van der Waals surface area (Å²) in [5.74, 6) is -1.59. The topological polar surface area (TPSA) is 104 Å². The lowest BCUT2D eigenvalue weighted by Crippen LogP contribution is -2.37. The summed E-state index contributed by atoms with van der Waals surface area (Å²) in [4.78, 5) is 23.6. The van der Waals surface area contributed by atoms with Gasteiger partial charge < -0.3 is 10.6 Å². The molecule has 0 radical (unpaired) electrons. The van der Waals surface area contributed by atoms with E-state index in [0.717, 1.165) is 25.0 Å². The fraction of sp³-hybridized carbons (Fsp3) is 0.222. The van der Waals surface area contributed by atoms with E-state index in [4.69, 9.17) is 0 Å². The number of hydrogen-bond donors (Lipinski definition) is 3. The number of anilines is 1. The molecule has 9 heteroatoms. The van der Waals surface area contributed by atoms with E-state index < -0.39 is 21.7 Å². The summed E-state index contributed by atoms with van der Waals surface area (Å²) in [5, 5.41) is 5.18. The second kappa shape index (κ2) is 7.75. The predicted molar refractivity (Wildman–Crippen MR) is 97.1 cm³/mol. The van der Waals surface area contributed by atoms with Crippen molar-refractivity contribution in [2.75, 3.05) is 11.3 Å². The first kappa shape index (κ1) is 18.8. The largest absolute Gasteiger partial charge is 0.352 e. The molecule has 7 nitrogen and oxygen atoms in total. The number of hydrogen-bond acceptors (Lipinski definition) is 4. The highest BCUT2D eigenvalue weighted by Crippen LogP contribution is 2.20. The van der Waals surface area contributed by atoms with Crippen LogP contribution < -0.4 is 15.4 Å². The highest BCUT2D eigenvalue weighted by atomic mass is 32.2. The molecule has 0 bridgehead atoms. The van der Waals surface area contributed by atoms with Crippen molar-refractivity contribution in [3.8, 4) is 0 Å². The maximum absolute atomic E-state index is 13.7. The summed E-state index contributed by atoms with van der Waals surface area (Å²) >= 11 is 0. The molecule has 3 N–H and O–H groups in total. The number of nitrogens with one attached hydrogen (secondary N) is 3. The number of sulfonamides is 1. The average Bonchev–Trinajstić information content (AvgIpc) is 3.45. The Morgan fingerprint density at radius 3 is 2.52 bits per heavy atom. The molecule has 1 saturated carbocycles. The van der Waals surface area contributed by atoms with Crippen LogP contribution in [-0.2, 0) is 14.8 Å². The first-order valence-electron chi connectivity index (χ1n) is 8.30. The Bertz CT molecular complexity index is 974. The zero-order valence-electron chi connectivity index (χ0n) is 14.2. The minimum absolute atomic E-state index is 0.0747. The van der Waals surface area contributed by atoms with Crippen LogP contribution in [0.1, 0.15) is 23.2 Å². The lowest BCUT2D eigenvalue weighted by molar-refractivity contribution is -0.120. The van der Waals surface area contributed by atoms with Crippen LogP contribution in [0.4, 0.5) is 10.1 Å². The third-order valence-electron chi connectivity index (χ3n) is 3.88. The van der Waals surface area contributed by atoms with Crippen LogP contribution in [-0.4, -0.2) is 32.8 Å². The second-order valence-corrected chi connectivity index (χ2v) is 7.82. The van der Waals surface area contributed by atoms with Gasteiger partial charge in [0.2, 0.25) is 5.91 Å². The van der Waals surface area contributed by atoms with Crippen LogP contribution in [0.2, 0.25) is 0 Å². The van der Waals surface area contributed by atoms with Crippen molar-refractivity contribution in [3.63, 3.8) is 0 Å². The molecule has 0 saturated heterocycles. The Morgan fingerprint density at radius 1 is 1.07 bits per heavy atom. The Balaban J connectivity index is 1.69. The second-order valence-electron chi connectivity index (χ2n) is 6.14. The quantitative estimate of drug-likeness (QED) is 0.667. The predicted octanol–water partition coefficient (Wildman–Crippen LogP) is 1.63. The summed E-state index contributed by atoms with van der Waals surface area (Å²) in [6, 6.07) is 10.8. The van der Waals surface area contributed by atoms with Crippen LogP contribution in [0.3, 0.4) is 0 Å². The molecular formula is C18H18FN3O4S. The number of carbonyl (C=O) groups excluding carboxylic acids is 2. The Hall–Kier alpha value is -2.94. The minimum atomic E-state index is -4.08. The molecule has 0 aromatic heterocycles. The van der Waals surface area contributed by atoms with Crippen LogP contribution in [0.25, 0.3) is 0 Å². The first-order valence-corrected chi connectivity index (χ1v) is 9.78. The zero-order valence-corrected chi connectivity index (χ0v) is 15.1. The molecule has 0 spiro atoms. The fourth-order valence-electron chi connectivity index (χ4n) is 2.32. The highest BCUT2D eigenvalue weighted by molar-refractivity contribution is 7.92. The van der Waals surface area contributed by atoms with Crippen molar-refractivity contribution in [3.05, 3.63) is 59.9 Å². The van der Waals surface area contributed by atoms with E-state index >= 15 is 0 Å². The van der Waals surface area contributed by atoms with Gasteiger partial charge in [-0.1, -0.05) is 18.2 Å². The molecular weight excluding hydrogens is 373 g/mol. The third kappa shape index (κ3) is 5.04. The van der Waals surface area contributed by atoms with Crippen LogP contribution in [0.5, 0.6) is 0 Å². The van der Waals surface area contributed by atoms with E-state index in [0.29, 0.717) is 0 Å². The van der Waals surface area contributed by atoms with E-state index in [-0.39, 0.29) is 34.6 Å². The van der Waals surface area contributed by atoms with Gasteiger partial charge in [0.25, 0.3) is 15.9 Å². The molecule has 0 unspecified atom stereocenters. The first-order chi connectivity index (χ1) is 12.8. The van der Waals surface area contributed by atoms with Gasteiger partial charge in [0, 0.05) is 11.6 Å². The van der Waals surface area contributed by atoms with E-state index in [1.165, 1.54) is 36.4 Å². The van der Waals surface area contributed by atoms with Crippen molar-refractivity contribution < 1.29 is 22.4 Å².